The summed E-state index contributed by atoms with van der Waals surface area (Å²) in [7, 11) is 0. The molecule has 1 atom stereocenters. The van der Waals surface area contributed by atoms with E-state index in [-0.39, 0.29) is 11.9 Å². The van der Waals surface area contributed by atoms with E-state index in [1.54, 1.807) is 0 Å². The van der Waals surface area contributed by atoms with Gasteiger partial charge in [-0.2, -0.15) is 0 Å². The lowest BCUT2D eigenvalue weighted by atomic mass is 9.91. The van der Waals surface area contributed by atoms with Crippen molar-refractivity contribution in [2.45, 2.75) is 19.3 Å². The third kappa shape index (κ3) is 2.95. The van der Waals surface area contributed by atoms with Crippen LogP contribution in [0.1, 0.15) is 24.8 Å². The van der Waals surface area contributed by atoms with E-state index in [0.29, 0.717) is 12.2 Å². The fourth-order valence-corrected chi connectivity index (χ4v) is 3.53. The molecule has 0 aromatic heterocycles. The van der Waals surface area contributed by atoms with Gasteiger partial charge in [-0.05, 0) is 34.2 Å². The van der Waals surface area contributed by atoms with Crippen LogP contribution in [0.2, 0.25) is 0 Å². The number of carbonyl (C=O) groups is 1. The van der Waals surface area contributed by atoms with Gasteiger partial charge in [-0.3, -0.25) is 4.79 Å². The van der Waals surface area contributed by atoms with Crippen LogP contribution < -0.4 is 4.74 Å². The monoisotopic (exact) mass is 340 g/mol. The highest BCUT2D eigenvalue weighted by atomic mass is 16.5. The first-order valence-corrected chi connectivity index (χ1v) is 8.95. The van der Waals surface area contributed by atoms with Gasteiger partial charge in [0.05, 0.1) is 5.92 Å². The summed E-state index contributed by atoms with van der Waals surface area (Å²) in [4.78, 5) is 13.0. The molecule has 0 aliphatic rings. The SMILES string of the molecule is CCC(C(=O)Oc1cccc2ccccc12)c1cccc2ccccc12. The maximum absolute atomic E-state index is 13.0. The molecule has 128 valence electrons. The Hall–Kier alpha value is -3.13. The lowest BCUT2D eigenvalue weighted by Gasteiger charge is -2.17. The molecule has 26 heavy (non-hydrogen) atoms. The fourth-order valence-electron chi connectivity index (χ4n) is 3.53. The van der Waals surface area contributed by atoms with E-state index in [2.05, 4.69) is 18.2 Å². The highest BCUT2D eigenvalue weighted by molar-refractivity contribution is 5.94. The van der Waals surface area contributed by atoms with Gasteiger partial charge in [0.1, 0.15) is 5.75 Å². The van der Waals surface area contributed by atoms with Gasteiger partial charge in [0.25, 0.3) is 0 Å². The Kier molecular flexibility index (Phi) is 4.40. The molecule has 0 bridgehead atoms. The van der Waals surface area contributed by atoms with Crippen LogP contribution in [0.25, 0.3) is 21.5 Å². The normalized spacial score (nSPS) is 12.2. The average molecular weight is 340 g/mol. The summed E-state index contributed by atoms with van der Waals surface area (Å²) in [6.45, 7) is 2.02. The molecule has 1 unspecified atom stereocenters. The molecule has 0 radical (unpaired) electrons. The molecule has 0 fully saturated rings. The number of fused-ring (bicyclic) bond motifs is 2. The minimum absolute atomic E-state index is 0.208. The van der Waals surface area contributed by atoms with Gasteiger partial charge in [0, 0.05) is 5.39 Å². The van der Waals surface area contributed by atoms with Gasteiger partial charge in [0.2, 0.25) is 0 Å². The Morgan fingerprint density at radius 3 is 2.08 bits per heavy atom. The molecule has 0 saturated heterocycles. The van der Waals surface area contributed by atoms with Crippen LogP contribution in [0, 0.1) is 0 Å². The van der Waals surface area contributed by atoms with Crippen molar-refractivity contribution in [1.82, 2.24) is 0 Å². The molecule has 4 aromatic carbocycles. The van der Waals surface area contributed by atoms with Crippen molar-refractivity contribution in [2.24, 2.45) is 0 Å². The smallest absolute Gasteiger partial charge is 0.318 e. The van der Waals surface area contributed by atoms with Crippen molar-refractivity contribution in [2.75, 3.05) is 0 Å². The molecule has 0 aliphatic carbocycles. The van der Waals surface area contributed by atoms with E-state index < -0.39 is 0 Å². The second-order valence-corrected chi connectivity index (χ2v) is 6.43. The van der Waals surface area contributed by atoms with Crippen LogP contribution in [-0.2, 0) is 4.79 Å². The molecular formula is C24H20O2. The molecule has 2 heteroatoms. The molecule has 4 aromatic rings. The zero-order valence-electron chi connectivity index (χ0n) is 14.7. The molecule has 4 rings (SSSR count). The van der Waals surface area contributed by atoms with Gasteiger partial charge >= 0.3 is 5.97 Å². The number of carbonyl (C=O) groups excluding carboxylic acids is 1. The minimum atomic E-state index is -0.292. The van der Waals surface area contributed by atoms with E-state index in [0.717, 1.165) is 27.1 Å². The molecule has 0 aliphatic heterocycles. The zero-order chi connectivity index (χ0) is 17.9. The Balaban J connectivity index is 1.71. The van der Waals surface area contributed by atoms with Crippen molar-refractivity contribution in [1.29, 1.82) is 0 Å². The summed E-state index contributed by atoms with van der Waals surface area (Å²) < 4.78 is 5.85. The molecule has 0 N–H and O–H groups in total. The number of hydrogen-bond acceptors (Lipinski definition) is 2. The molecule has 2 nitrogen and oxygen atoms in total. The molecular weight excluding hydrogens is 320 g/mol. The lowest BCUT2D eigenvalue weighted by molar-refractivity contribution is -0.136. The van der Waals surface area contributed by atoms with Gasteiger partial charge < -0.3 is 4.74 Å². The Bertz CT molecular complexity index is 1070. The highest BCUT2D eigenvalue weighted by Crippen LogP contribution is 2.31. The van der Waals surface area contributed by atoms with Gasteiger partial charge in [-0.15, -0.1) is 0 Å². The first kappa shape index (κ1) is 16.3. The lowest BCUT2D eigenvalue weighted by Crippen LogP contribution is -2.18. The zero-order valence-corrected chi connectivity index (χ0v) is 14.7. The number of hydrogen-bond donors (Lipinski definition) is 0. The van der Waals surface area contributed by atoms with Crippen molar-refractivity contribution in [3.63, 3.8) is 0 Å². The number of esters is 1. The van der Waals surface area contributed by atoms with Gasteiger partial charge in [-0.1, -0.05) is 85.8 Å². The molecule has 0 saturated carbocycles. The summed E-state index contributed by atoms with van der Waals surface area (Å²) in [5.41, 5.74) is 1.02. The largest absolute Gasteiger partial charge is 0.425 e. The highest BCUT2D eigenvalue weighted by Gasteiger charge is 2.23. The van der Waals surface area contributed by atoms with Crippen molar-refractivity contribution < 1.29 is 9.53 Å². The van der Waals surface area contributed by atoms with Crippen molar-refractivity contribution >= 4 is 27.5 Å². The quantitative estimate of drug-likeness (QED) is 0.332. The van der Waals surface area contributed by atoms with Gasteiger partial charge in [0.15, 0.2) is 0 Å². The maximum Gasteiger partial charge on any atom is 0.318 e. The van der Waals surface area contributed by atoms with E-state index in [1.807, 2.05) is 73.7 Å². The molecule has 0 spiro atoms. The van der Waals surface area contributed by atoms with E-state index in [9.17, 15) is 4.79 Å². The Morgan fingerprint density at radius 1 is 0.769 bits per heavy atom. The maximum atomic E-state index is 13.0. The van der Waals surface area contributed by atoms with Crippen LogP contribution >= 0.6 is 0 Å². The Morgan fingerprint density at radius 2 is 1.35 bits per heavy atom. The predicted octanol–water partition coefficient (Wildman–Crippen LogP) is 6.09. The number of rotatable bonds is 4. The second-order valence-electron chi connectivity index (χ2n) is 6.43. The predicted molar refractivity (Wildman–Crippen MR) is 107 cm³/mol. The standard InChI is InChI=1S/C24H20O2/c1-2-19(22-15-7-11-17-9-3-5-13-20(17)22)24(25)26-23-16-8-12-18-10-4-6-14-21(18)23/h3-16,19H,2H2,1H3. The topological polar surface area (TPSA) is 26.3 Å². The molecule has 0 heterocycles. The summed E-state index contributed by atoms with van der Waals surface area (Å²) in [5, 5.41) is 4.27. The van der Waals surface area contributed by atoms with E-state index >= 15 is 0 Å². The third-order valence-electron chi connectivity index (χ3n) is 4.85. The average Bonchev–Trinajstić information content (AvgIpc) is 2.69. The van der Waals surface area contributed by atoms with Crippen LogP contribution in [0.5, 0.6) is 5.75 Å². The van der Waals surface area contributed by atoms with Crippen molar-refractivity contribution in [3.8, 4) is 5.75 Å². The fraction of sp³-hybridized carbons (Fsp3) is 0.125. The van der Waals surface area contributed by atoms with Crippen LogP contribution in [0.15, 0.2) is 84.9 Å². The number of ether oxygens (including phenoxy) is 1. The third-order valence-corrected chi connectivity index (χ3v) is 4.85. The summed E-state index contributed by atoms with van der Waals surface area (Å²) in [6.07, 6.45) is 0.692. The van der Waals surface area contributed by atoms with E-state index in [4.69, 9.17) is 4.74 Å². The first-order chi connectivity index (χ1) is 12.8. The van der Waals surface area contributed by atoms with Crippen LogP contribution in [0.3, 0.4) is 0 Å². The minimum Gasteiger partial charge on any atom is -0.425 e. The van der Waals surface area contributed by atoms with E-state index in [1.165, 1.54) is 0 Å². The summed E-state index contributed by atoms with van der Waals surface area (Å²) >= 11 is 0. The Labute approximate surface area is 153 Å². The van der Waals surface area contributed by atoms with Crippen molar-refractivity contribution in [3.05, 3.63) is 90.5 Å². The van der Waals surface area contributed by atoms with Crippen LogP contribution in [-0.4, -0.2) is 5.97 Å². The van der Waals surface area contributed by atoms with Crippen LogP contribution in [0.4, 0.5) is 0 Å². The number of benzene rings is 4. The molecule has 0 amide bonds. The summed E-state index contributed by atoms with van der Waals surface area (Å²) in [6, 6.07) is 28.0. The van der Waals surface area contributed by atoms with Gasteiger partial charge in [-0.25, -0.2) is 0 Å². The first-order valence-electron chi connectivity index (χ1n) is 8.95. The summed E-state index contributed by atoms with van der Waals surface area (Å²) in [5.74, 6) is 0.118. The second kappa shape index (κ2) is 7.01.